The molecule has 6 aromatic rings. The number of aliphatic hydroxyl groups excluding tert-OH is 2. The van der Waals surface area contributed by atoms with Crippen molar-refractivity contribution in [3.8, 4) is 0 Å². The summed E-state index contributed by atoms with van der Waals surface area (Å²) < 4.78 is 1.82. The smallest absolute Gasteiger partial charge is 0.315 e. The molecule has 2 amide bonds. The number of aliphatic hydroxyl groups is 2. The van der Waals surface area contributed by atoms with Crippen LogP contribution in [0.5, 0.6) is 0 Å². The number of halogens is 1. The number of hydrogen-bond donors (Lipinski definition) is 5. The van der Waals surface area contributed by atoms with Crippen molar-refractivity contribution in [2.75, 3.05) is 29.9 Å². The number of carbonyl (C=O) groups is 1. The van der Waals surface area contributed by atoms with Crippen LogP contribution in [0.15, 0.2) is 91.4 Å². The Labute approximate surface area is 323 Å². The maximum absolute atomic E-state index is 12.8. The summed E-state index contributed by atoms with van der Waals surface area (Å²) in [6.45, 7) is 3.90. The van der Waals surface area contributed by atoms with Crippen molar-refractivity contribution in [1.82, 2.24) is 55.3 Å². The van der Waals surface area contributed by atoms with Gasteiger partial charge in [-0.1, -0.05) is 73.7 Å². The fraction of sp³-hybridized carbons (Fsp3) is 0.368. The largest absolute Gasteiger partial charge is 0.388 e. The van der Waals surface area contributed by atoms with Crippen molar-refractivity contribution in [2.45, 2.75) is 69.0 Å². The number of rotatable bonds is 12. The van der Waals surface area contributed by atoms with E-state index in [1.165, 1.54) is 4.80 Å². The zero-order chi connectivity index (χ0) is 37.0. The van der Waals surface area contributed by atoms with Gasteiger partial charge in [0.1, 0.15) is 18.2 Å². The first-order valence-electron chi connectivity index (χ1n) is 18.4. The third-order valence-electron chi connectivity index (χ3n) is 10.3. The van der Waals surface area contributed by atoms with Crippen LogP contribution in [0, 0.1) is 0 Å². The Kier molecular flexibility index (Phi) is 11.5. The number of anilines is 2. The molecule has 0 spiro atoms. The molecule has 5 N–H and O–H groups in total. The Morgan fingerprint density at radius 1 is 0.927 bits per heavy atom. The number of nitrogens with zero attached hydrogens (tertiary/aromatic N) is 10. The summed E-state index contributed by atoms with van der Waals surface area (Å²) in [5.74, 6) is 1.60. The normalized spacial score (nSPS) is 20.8. The lowest BCUT2D eigenvalue weighted by molar-refractivity contribution is 0.00473. The fourth-order valence-corrected chi connectivity index (χ4v) is 7.41. The number of nitrogens with one attached hydrogen (secondary N) is 3. The highest BCUT2D eigenvalue weighted by Gasteiger charge is 2.45. The van der Waals surface area contributed by atoms with Gasteiger partial charge in [-0.3, -0.25) is 4.98 Å². The van der Waals surface area contributed by atoms with Crippen molar-refractivity contribution >= 4 is 41.4 Å². The monoisotopic (exact) mass is 765 g/mol. The highest BCUT2D eigenvalue weighted by atomic mass is 35.5. The molecule has 2 aliphatic rings. The molecule has 2 aromatic carbocycles. The fourth-order valence-electron chi connectivity index (χ4n) is 7.41. The van der Waals surface area contributed by atoms with Gasteiger partial charge in [-0.25, -0.2) is 9.78 Å². The molecule has 1 saturated carbocycles. The molecule has 0 bridgehead atoms. The predicted octanol–water partition coefficient (Wildman–Crippen LogP) is 3.42. The number of tetrazole rings is 1. The second-order valence-electron chi connectivity index (χ2n) is 13.8. The van der Waals surface area contributed by atoms with Crippen LogP contribution in [0.3, 0.4) is 0 Å². The summed E-state index contributed by atoms with van der Waals surface area (Å²) in [5, 5.41) is 44.8. The second-order valence-corrected chi connectivity index (χ2v) is 13.8. The molecule has 4 aromatic heterocycles. The van der Waals surface area contributed by atoms with E-state index >= 15 is 0 Å². The molecule has 1 aliphatic heterocycles. The van der Waals surface area contributed by atoms with E-state index < -0.39 is 24.3 Å². The summed E-state index contributed by atoms with van der Waals surface area (Å²) >= 11 is 0. The first-order chi connectivity index (χ1) is 26.4. The number of carbonyl (C=O) groups excluding carboxylic acids is 1. The van der Waals surface area contributed by atoms with Gasteiger partial charge in [0, 0.05) is 44.2 Å². The lowest BCUT2D eigenvalue weighted by Crippen LogP contribution is -2.43. The average molecular weight is 766 g/mol. The van der Waals surface area contributed by atoms with E-state index in [4.69, 9.17) is 15.0 Å². The van der Waals surface area contributed by atoms with E-state index in [1.54, 1.807) is 12.5 Å². The maximum atomic E-state index is 12.8. The highest BCUT2D eigenvalue weighted by Crippen LogP contribution is 2.40. The molecule has 5 heterocycles. The molecule has 0 radical (unpaired) electrons. The molecule has 5 atom stereocenters. The van der Waals surface area contributed by atoms with Gasteiger partial charge in [-0.2, -0.15) is 14.8 Å². The molecule has 1 aliphatic carbocycles. The lowest BCUT2D eigenvalue weighted by Gasteiger charge is -2.22. The van der Waals surface area contributed by atoms with Gasteiger partial charge < -0.3 is 35.6 Å². The zero-order valence-electron chi connectivity index (χ0n) is 30.3. The summed E-state index contributed by atoms with van der Waals surface area (Å²) in [6.07, 6.45) is 2.72. The SMILES string of the molecule is CCc1nnn([C@H]2C[C@@H](n3cnc4c(NCC(c5ccccc5)c5ccccc5)nc(N5CC[C@@H](NC(=O)NCc6ccccn6)C5)nc43)[C@H](O)[C@@H]2O)n1.Cl. The average Bonchev–Trinajstić information content (AvgIpc) is 4.03. The Hall–Kier alpha value is -5.71. The van der Waals surface area contributed by atoms with Crippen LogP contribution < -0.4 is 20.9 Å². The standard InChI is InChI=1S/C38H43N13O3.ClH/c1-2-31-46-48-51(47-31)30-19-29(33(52)34(30)53)50-23-42-32-35(40-21-28(24-11-5-3-6-12-24)25-13-7-4-8-14-25)44-37(45-36(32)50)49-18-16-27(22-49)43-38(54)41-20-26-15-9-10-17-39-26;/h3-15,17,23,27-30,33-34,52-53H,2,16,18-22H2,1H3,(H,40,44,45)(H2,41,43,54);1H/t27-,29-,30+,33+,34-;/m1./s1. The van der Waals surface area contributed by atoms with Gasteiger partial charge in [-0.15, -0.1) is 22.6 Å². The number of urea groups is 1. The van der Waals surface area contributed by atoms with Crippen LogP contribution in [0.1, 0.15) is 60.4 Å². The van der Waals surface area contributed by atoms with E-state index in [9.17, 15) is 15.0 Å². The summed E-state index contributed by atoms with van der Waals surface area (Å²) in [7, 11) is 0. The van der Waals surface area contributed by atoms with Gasteiger partial charge >= 0.3 is 6.03 Å². The zero-order valence-corrected chi connectivity index (χ0v) is 31.1. The molecule has 17 heteroatoms. The van der Waals surface area contributed by atoms with Crippen LogP contribution in [0.2, 0.25) is 0 Å². The number of amides is 2. The number of benzene rings is 2. The van der Waals surface area contributed by atoms with Gasteiger partial charge in [0.2, 0.25) is 5.95 Å². The molecule has 8 rings (SSSR count). The summed E-state index contributed by atoms with van der Waals surface area (Å²) in [4.78, 5) is 35.4. The Bertz CT molecular complexity index is 2130. The highest BCUT2D eigenvalue weighted by molar-refractivity contribution is 5.85. The number of imidazole rings is 1. The van der Waals surface area contributed by atoms with E-state index in [1.807, 2.05) is 71.0 Å². The van der Waals surface area contributed by atoms with Crippen molar-refractivity contribution in [1.29, 1.82) is 0 Å². The molecule has 1 saturated heterocycles. The number of pyridine rings is 1. The maximum Gasteiger partial charge on any atom is 0.315 e. The minimum atomic E-state index is -1.14. The van der Waals surface area contributed by atoms with Gasteiger partial charge in [0.15, 0.2) is 22.8 Å². The number of hydrogen-bond acceptors (Lipinski definition) is 12. The molecule has 55 heavy (non-hydrogen) atoms. The van der Waals surface area contributed by atoms with Crippen molar-refractivity contribution in [3.05, 3.63) is 114 Å². The first-order valence-corrected chi connectivity index (χ1v) is 18.4. The molecule has 286 valence electrons. The minimum Gasteiger partial charge on any atom is -0.388 e. The van der Waals surface area contributed by atoms with Crippen LogP contribution in [-0.2, 0) is 13.0 Å². The molecule has 16 nitrogen and oxygen atoms in total. The van der Waals surface area contributed by atoms with Gasteiger partial charge in [0.25, 0.3) is 0 Å². The van der Waals surface area contributed by atoms with Crippen LogP contribution >= 0.6 is 12.4 Å². The minimum absolute atomic E-state index is 0. The van der Waals surface area contributed by atoms with Crippen LogP contribution in [0.4, 0.5) is 16.6 Å². The summed E-state index contributed by atoms with van der Waals surface area (Å²) in [5.41, 5.74) is 4.14. The van der Waals surface area contributed by atoms with Crippen molar-refractivity contribution in [3.63, 3.8) is 0 Å². The molecule has 2 fully saturated rings. The number of aryl methyl sites for hydroxylation is 1. The van der Waals surface area contributed by atoms with Gasteiger partial charge in [0.05, 0.1) is 24.6 Å². The summed E-state index contributed by atoms with van der Waals surface area (Å²) in [6, 6.07) is 24.7. The van der Waals surface area contributed by atoms with Gasteiger partial charge in [-0.05, 0) is 41.3 Å². The lowest BCUT2D eigenvalue weighted by atomic mass is 9.91. The molecular weight excluding hydrogens is 722 g/mol. The predicted molar refractivity (Wildman–Crippen MR) is 208 cm³/mol. The van der Waals surface area contributed by atoms with E-state index in [0.29, 0.717) is 74.2 Å². The van der Waals surface area contributed by atoms with Crippen LogP contribution in [0.25, 0.3) is 11.2 Å². The first kappa shape index (κ1) is 37.6. The Balaban J connectivity index is 0.00000465. The quantitative estimate of drug-likeness (QED) is 0.122. The molecule has 0 unspecified atom stereocenters. The van der Waals surface area contributed by atoms with Crippen molar-refractivity contribution in [2.24, 2.45) is 0 Å². The van der Waals surface area contributed by atoms with Crippen LogP contribution in [-0.4, -0.2) is 98.8 Å². The van der Waals surface area contributed by atoms with Crippen molar-refractivity contribution < 1.29 is 15.0 Å². The topological polar surface area (TPSA) is 197 Å². The third kappa shape index (κ3) is 8.06. The van der Waals surface area contributed by atoms with E-state index in [-0.39, 0.29) is 30.4 Å². The molecular formula is C38H44ClN13O3. The number of aromatic nitrogens is 9. The second kappa shape index (κ2) is 16.8. The third-order valence-corrected chi connectivity index (χ3v) is 10.3. The number of fused-ring (bicyclic) bond motifs is 1. The Morgan fingerprint density at radius 2 is 1.65 bits per heavy atom. The van der Waals surface area contributed by atoms with E-state index in [2.05, 4.69) is 60.6 Å². The Morgan fingerprint density at radius 3 is 2.35 bits per heavy atom. The van der Waals surface area contributed by atoms with E-state index in [0.717, 1.165) is 16.8 Å².